The lowest BCUT2D eigenvalue weighted by atomic mass is 9.83. The molecule has 104 valence electrons. The van der Waals surface area contributed by atoms with Gasteiger partial charge in [-0.15, -0.1) is 0 Å². The van der Waals surface area contributed by atoms with Gasteiger partial charge >= 0.3 is 0 Å². The predicted molar refractivity (Wildman–Crippen MR) is 72.7 cm³/mol. The molecule has 0 saturated heterocycles. The maximum atomic E-state index is 13.0. The van der Waals surface area contributed by atoms with Gasteiger partial charge in [-0.2, -0.15) is 0 Å². The van der Waals surface area contributed by atoms with Crippen LogP contribution < -0.4 is 0 Å². The van der Waals surface area contributed by atoms with Crippen LogP contribution in [0.1, 0.15) is 37.7 Å². The summed E-state index contributed by atoms with van der Waals surface area (Å²) in [5.41, 5.74) is 0.645. The zero-order chi connectivity index (χ0) is 13.8. The monoisotopic (exact) mass is 284 g/mol. The molecule has 0 aliphatic heterocycles. The van der Waals surface area contributed by atoms with Gasteiger partial charge in [0.25, 0.3) is 0 Å². The summed E-state index contributed by atoms with van der Waals surface area (Å²) in [6, 6.07) is 4.23. The van der Waals surface area contributed by atoms with E-state index in [1.54, 1.807) is 0 Å². The van der Waals surface area contributed by atoms with Gasteiger partial charge in [0.1, 0.15) is 11.9 Å². The van der Waals surface area contributed by atoms with Crippen molar-refractivity contribution in [2.24, 2.45) is 5.92 Å². The van der Waals surface area contributed by atoms with Crippen LogP contribution in [0.4, 0.5) is 4.39 Å². The average molecular weight is 285 g/mol. The van der Waals surface area contributed by atoms with E-state index >= 15 is 0 Å². The van der Waals surface area contributed by atoms with Crippen molar-refractivity contribution < 1.29 is 14.3 Å². The van der Waals surface area contributed by atoms with E-state index in [0.29, 0.717) is 5.56 Å². The number of benzene rings is 1. The summed E-state index contributed by atoms with van der Waals surface area (Å²) in [6.45, 7) is 0. The van der Waals surface area contributed by atoms with Crippen molar-refractivity contribution in [1.29, 1.82) is 0 Å². The van der Waals surface area contributed by atoms with Crippen molar-refractivity contribution in [3.05, 3.63) is 34.6 Å². The molecular weight excluding hydrogens is 267 g/mol. The van der Waals surface area contributed by atoms with Crippen molar-refractivity contribution in [3.8, 4) is 0 Å². The molecule has 0 heterocycles. The van der Waals surface area contributed by atoms with Gasteiger partial charge in [0.15, 0.2) is 5.78 Å². The Bertz CT molecular complexity index is 455. The molecule has 1 aliphatic rings. The van der Waals surface area contributed by atoms with Crippen LogP contribution in [0.15, 0.2) is 18.2 Å². The first-order chi connectivity index (χ1) is 9.08. The number of hydrogen-bond acceptors (Lipinski definition) is 2. The van der Waals surface area contributed by atoms with E-state index in [4.69, 9.17) is 11.6 Å². The number of Topliss-reactive ketones (excluding diaryl/α,β-unsaturated/α-hetero) is 1. The lowest BCUT2D eigenvalue weighted by Crippen LogP contribution is -2.32. The standard InChI is InChI=1S/C15H18ClFO2/c16-12-8-10(6-7-13(12)17)9-14(18)15(19)11-4-2-1-3-5-11/h6-8,11,15,19H,1-5,9H2. The summed E-state index contributed by atoms with van der Waals surface area (Å²) in [5.74, 6) is -0.613. The van der Waals surface area contributed by atoms with Crippen molar-refractivity contribution in [2.75, 3.05) is 0 Å². The normalized spacial score (nSPS) is 18.3. The predicted octanol–water partition coefficient (Wildman–Crippen LogP) is 3.53. The third kappa shape index (κ3) is 3.77. The van der Waals surface area contributed by atoms with Crippen LogP contribution in [0.5, 0.6) is 0 Å². The number of aliphatic hydroxyl groups excluding tert-OH is 1. The molecule has 1 saturated carbocycles. The largest absolute Gasteiger partial charge is 0.385 e. The van der Waals surface area contributed by atoms with Gasteiger partial charge in [0, 0.05) is 6.42 Å². The molecule has 1 N–H and O–H groups in total. The Labute approximate surface area is 117 Å². The Hall–Kier alpha value is -0.930. The van der Waals surface area contributed by atoms with Gasteiger partial charge in [-0.05, 0) is 36.5 Å². The minimum Gasteiger partial charge on any atom is -0.385 e. The number of carbonyl (C=O) groups is 1. The molecule has 1 aromatic rings. The molecule has 1 fully saturated rings. The third-order valence-corrected chi connectivity index (χ3v) is 4.08. The maximum Gasteiger partial charge on any atom is 0.165 e. The lowest BCUT2D eigenvalue weighted by molar-refractivity contribution is -0.129. The van der Waals surface area contributed by atoms with E-state index in [-0.39, 0.29) is 23.1 Å². The fourth-order valence-electron chi connectivity index (χ4n) is 2.67. The van der Waals surface area contributed by atoms with Crippen LogP contribution in [-0.4, -0.2) is 17.0 Å². The first kappa shape index (κ1) is 14.5. The summed E-state index contributed by atoms with van der Waals surface area (Å²) < 4.78 is 13.0. The number of carbonyl (C=O) groups excluding carboxylic acids is 1. The molecule has 0 radical (unpaired) electrons. The van der Waals surface area contributed by atoms with E-state index < -0.39 is 11.9 Å². The fraction of sp³-hybridized carbons (Fsp3) is 0.533. The SMILES string of the molecule is O=C(Cc1ccc(F)c(Cl)c1)C(O)C1CCCCC1. The average Bonchev–Trinajstić information content (AvgIpc) is 2.43. The third-order valence-electron chi connectivity index (χ3n) is 3.79. The molecule has 19 heavy (non-hydrogen) atoms. The van der Waals surface area contributed by atoms with E-state index in [9.17, 15) is 14.3 Å². The molecular formula is C15H18ClFO2. The van der Waals surface area contributed by atoms with Crippen LogP contribution in [0.2, 0.25) is 5.02 Å². The Kier molecular flexibility index (Phi) is 4.94. The topological polar surface area (TPSA) is 37.3 Å². The molecule has 1 aromatic carbocycles. The van der Waals surface area contributed by atoms with E-state index in [0.717, 1.165) is 25.7 Å². The molecule has 0 amide bonds. The number of rotatable bonds is 4. The van der Waals surface area contributed by atoms with E-state index in [2.05, 4.69) is 0 Å². The Morgan fingerprint density at radius 3 is 2.68 bits per heavy atom. The quantitative estimate of drug-likeness (QED) is 0.918. The molecule has 2 rings (SSSR count). The molecule has 1 unspecified atom stereocenters. The number of halogens is 2. The van der Waals surface area contributed by atoms with Crippen molar-refractivity contribution >= 4 is 17.4 Å². The lowest BCUT2D eigenvalue weighted by Gasteiger charge is -2.25. The second-order valence-electron chi connectivity index (χ2n) is 5.23. The van der Waals surface area contributed by atoms with Gasteiger partial charge in [-0.25, -0.2) is 4.39 Å². The number of aliphatic hydroxyl groups is 1. The molecule has 4 heteroatoms. The highest BCUT2D eigenvalue weighted by Gasteiger charge is 2.27. The number of ketones is 1. The second kappa shape index (κ2) is 6.49. The van der Waals surface area contributed by atoms with E-state index in [1.807, 2.05) is 0 Å². The smallest absolute Gasteiger partial charge is 0.165 e. The summed E-state index contributed by atoms with van der Waals surface area (Å²) >= 11 is 5.68. The highest BCUT2D eigenvalue weighted by atomic mass is 35.5. The summed E-state index contributed by atoms with van der Waals surface area (Å²) in [5, 5.41) is 10.1. The Balaban J connectivity index is 1.97. The van der Waals surface area contributed by atoms with Crippen molar-refractivity contribution in [1.82, 2.24) is 0 Å². The highest BCUT2D eigenvalue weighted by Crippen LogP contribution is 2.27. The van der Waals surface area contributed by atoms with Gasteiger partial charge < -0.3 is 5.11 Å². The molecule has 0 spiro atoms. The second-order valence-corrected chi connectivity index (χ2v) is 5.64. The minimum absolute atomic E-state index is 0.0115. The summed E-state index contributed by atoms with van der Waals surface area (Å²) in [7, 11) is 0. The molecule has 1 atom stereocenters. The van der Waals surface area contributed by atoms with Gasteiger partial charge in [0.05, 0.1) is 5.02 Å². The molecule has 0 aromatic heterocycles. The van der Waals surface area contributed by atoms with Crippen LogP contribution >= 0.6 is 11.6 Å². The van der Waals surface area contributed by atoms with Gasteiger partial charge in [-0.1, -0.05) is 36.9 Å². The van der Waals surface area contributed by atoms with Crippen LogP contribution in [-0.2, 0) is 11.2 Å². The first-order valence-corrected chi connectivity index (χ1v) is 7.10. The van der Waals surface area contributed by atoms with Crippen LogP contribution in [0.25, 0.3) is 0 Å². The van der Waals surface area contributed by atoms with Crippen LogP contribution in [0.3, 0.4) is 0 Å². The zero-order valence-corrected chi connectivity index (χ0v) is 11.5. The van der Waals surface area contributed by atoms with Crippen LogP contribution in [0, 0.1) is 11.7 Å². The minimum atomic E-state index is -0.899. The zero-order valence-electron chi connectivity index (χ0n) is 10.7. The maximum absolute atomic E-state index is 13.0. The van der Waals surface area contributed by atoms with Crippen molar-refractivity contribution in [2.45, 2.75) is 44.6 Å². The van der Waals surface area contributed by atoms with Crippen molar-refractivity contribution in [3.63, 3.8) is 0 Å². The molecule has 1 aliphatic carbocycles. The van der Waals surface area contributed by atoms with Gasteiger partial charge in [-0.3, -0.25) is 4.79 Å². The molecule has 2 nitrogen and oxygen atoms in total. The van der Waals surface area contributed by atoms with E-state index in [1.165, 1.54) is 24.6 Å². The summed E-state index contributed by atoms with van der Waals surface area (Å²) in [4.78, 5) is 12.0. The Morgan fingerprint density at radius 2 is 2.05 bits per heavy atom. The first-order valence-electron chi connectivity index (χ1n) is 6.72. The fourth-order valence-corrected chi connectivity index (χ4v) is 2.87. The highest BCUT2D eigenvalue weighted by molar-refractivity contribution is 6.30. The molecule has 0 bridgehead atoms. The summed E-state index contributed by atoms with van der Waals surface area (Å²) in [6.07, 6.45) is 4.38. The Morgan fingerprint density at radius 1 is 1.37 bits per heavy atom. The van der Waals surface area contributed by atoms with Gasteiger partial charge in [0.2, 0.25) is 0 Å². The number of hydrogen-bond donors (Lipinski definition) is 1.